The summed E-state index contributed by atoms with van der Waals surface area (Å²) in [5.41, 5.74) is 0.803. The van der Waals surface area contributed by atoms with Crippen molar-refractivity contribution in [1.29, 1.82) is 0 Å². The molecule has 26 heavy (non-hydrogen) atoms. The van der Waals surface area contributed by atoms with E-state index in [-0.39, 0.29) is 16.5 Å². The number of amides is 1. The zero-order valence-corrected chi connectivity index (χ0v) is 14.1. The smallest absolute Gasteiger partial charge is 0.275 e. The molecule has 0 spiro atoms. The molecule has 7 nitrogen and oxygen atoms in total. The standard InChI is InChI=1S/C19H17N3O4/c1-2-12-7-9-13(10-8-12)20-16(23)11-22-18(24)15-6-4-3-5-14(15)17(21-22)19(25)26/h3-10H,2,11H2,1H3,(H,20,23)(H,25,26)/p-1. The summed E-state index contributed by atoms with van der Waals surface area (Å²) in [6, 6.07) is 13.5. The second kappa shape index (κ2) is 7.18. The maximum absolute atomic E-state index is 12.5. The van der Waals surface area contributed by atoms with Crippen LogP contribution >= 0.6 is 0 Å². The average Bonchev–Trinajstić information content (AvgIpc) is 2.64. The molecule has 1 N–H and O–H groups in total. The summed E-state index contributed by atoms with van der Waals surface area (Å²) in [6.07, 6.45) is 0.886. The first kappa shape index (κ1) is 17.3. The molecular formula is C19H16N3O4-. The van der Waals surface area contributed by atoms with Crippen molar-refractivity contribution in [1.82, 2.24) is 9.78 Å². The van der Waals surface area contributed by atoms with Crippen LogP contribution < -0.4 is 16.0 Å². The fourth-order valence-electron chi connectivity index (χ4n) is 2.65. The molecule has 0 saturated heterocycles. The van der Waals surface area contributed by atoms with Gasteiger partial charge in [-0.05, 0) is 30.2 Å². The molecule has 3 rings (SSSR count). The topological polar surface area (TPSA) is 104 Å². The third-order valence-electron chi connectivity index (χ3n) is 4.00. The maximum atomic E-state index is 12.5. The van der Waals surface area contributed by atoms with Crippen molar-refractivity contribution in [2.75, 3.05) is 5.32 Å². The lowest BCUT2D eigenvalue weighted by atomic mass is 10.1. The Labute approximate surface area is 148 Å². The van der Waals surface area contributed by atoms with Crippen molar-refractivity contribution in [3.8, 4) is 0 Å². The molecule has 132 valence electrons. The average molecular weight is 350 g/mol. The summed E-state index contributed by atoms with van der Waals surface area (Å²) < 4.78 is 0.837. The van der Waals surface area contributed by atoms with Crippen molar-refractivity contribution < 1.29 is 14.7 Å². The zero-order valence-electron chi connectivity index (χ0n) is 14.1. The summed E-state index contributed by atoms with van der Waals surface area (Å²) >= 11 is 0. The van der Waals surface area contributed by atoms with E-state index in [9.17, 15) is 19.5 Å². The summed E-state index contributed by atoms with van der Waals surface area (Å²) in [4.78, 5) is 36.0. The molecule has 0 aliphatic carbocycles. The van der Waals surface area contributed by atoms with Crippen LogP contribution in [0.15, 0.2) is 53.3 Å². The van der Waals surface area contributed by atoms with E-state index in [1.807, 2.05) is 19.1 Å². The van der Waals surface area contributed by atoms with Crippen LogP contribution in [0, 0.1) is 0 Å². The van der Waals surface area contributed by atoms with Crippen LogP contribution in [0.25, 0.3) is 10.8 Å². The molecule has 0 saturated carbocycles. The number of nitrogens with one attached hydrogen (secondary N) is 1. The molecule has 1 heterocycles. The Kier molecular flexibility index (Phi) is 4.79. The van der Waals surface area contributed by atoms with Gasteiger partial charge in [0.05, 0.1) is 11.4 Å². The molecule has 2 aromatic carbocycles. The Hall–Kier alpha value is -3.48. The fraction of sp³-hybridized carbons (Fsp3) is 0.158. The number of aromatic nitrogens is 2. The molecule has 0 aliphatic rings. The van der Waals surface area contributed by atoms with Crippen molar-refractivity contribution in [2.24, 2.45) is 0 Å². The number of benzene rings is 2. The van der Waals surface area contributed by atoms with Crippen LogP contribution in [0.3, 0.4) is 0 Å². The Balaban J connectivity index is 1.90. The highest BCUT2D eigenvalue weighted by Crippen LogP contribution is 2.13. The van der Waals surface area contributed by atoms with Crippen LogP contribution in [-0.2, 0) is 17.8 Å². The van der Waals surface area contributed by atoms with Gasteiger partial charge < -0.3 is 15.2 Å². The molecule has 0 bridgehead atoms. The number of anilines is 1. The van der Waals surface area contributed by atoms with Gasteiger partial charge in [-0.15, -0.1) is 0 Å². The minimum Gasteiger partial charge on any atom is -0.543 e. The van der Waals surface area contributed by atoms with E-state index < -0.39 is 24.0 Å². The number of carbonyl (C=O) groups is 2. The van der Waals surface area contributed by atoms with Gasteiger partial charge >= 0.3 is 0 Å². The SMILES string of the molecule is CCc1ccc(NC(=O)Cn2nc(C(=O)[O-])c3ccccc3c2=O)cc1. The largest absolute Gasteiger partial charge is 0.543 e. The van der Waals surface area contributed by atoms with Gasteiger partial charge in [-0.3, -0.25) is 9.59 Å². The number of hydrogen-bond acceptors (Lipinski definition) is 5. The van der Waals surface area contributed by atoms with Gasteiger partial charge in [0.1, 0.15) is 12.2 Å². The van der Waals surface area contributed by atoms with E-state index in [1.165, 1.54) is 12.1 Å². The highest BCUT2D eigenvalue weighted by Gasteiger charge is 2.13. The van der Waals surface area contributed by atoms with Crippen LogP contribution in [0.4, 0.5) is 5.69 Å². The summed E-state index contributed by atoms with van der Waals surface area (Å²) in [7, 11) is 0. The molecule has 0 unspecified atom stereocenters. The van der Waals surface area contributed by atoms with Gasteiger partial charge in [-0.25, -0.2) is 4.68 Å². The van der Waals surface area contributed by atoms with Crippen molar-refractivity contribution in [2.45, 2.75) is 19.9 Å². The van der Waals surface area contributed by atoms with Crippen molar-refractivity contribution in [3.05, 3.63) is 70.1 Å². The first-order valence-corrected chi connectivity index (χ1v) is 8.09. The molecule has 7 heteroatoms. The first-order valence-electron chi connectivity index (χ1n) is 8.09. The summed E-state index contributed by atoms with van der Waals surface area (Å²) in [5.74, 6) is -1.99. The van der Waals surface area contributed by atoms with E-state index in [0.29, 0.717) is 5.69 Å². The molecule has 0 aliphatic heterocycles. The highest BCUT2D eigenvalue weighted by atomic mass is 16.4. The predicted octanol–water partition coefficient (Wildman–Crippen LogP) is 0.961. The number of hydrogen-bond donors (Lipinski definition) is 1. The van der Waals surface area contributed by atoms with Crippen LogP contribution in [-0.4, -0.2) is 21.7 Å². The molecule has 3 aromatic rings. The van der Waals surface area contributed by atoms with Gasteiger partial charge in [0.15, 0.2) is 0 Å². The number of carboxylic acids is 1. The molecular weight excluding hydrogens is 334 g/mol. The highest BCUT2D eigenvalue weighted by molar-refractivity contribution is 6.00. The Bertz CT molecular complexity index is 1040. The molecule has 0 atom stereocenters. The van der Waals surface area contributed by atoms with E-state index in [2.05, 4.69) is 10.4 Å². The minimum absolute atomic E-state index is 0.168. The lowest BCUT2D eigenvalue weighted by Gasteiger charge is -2.12. The van der Waals surface area contributed by atoms with Gasteiger partial charge in [-0.1, -0.05) is 37.3 Å². The third kappa shape index (κ3) is 3.46. The molecule has 1 aromatic heterocycles. The lowest BCUT2D eigenvalue weighted by Crippen LogP contribution is -2.34. The number of carbonyl (C=O) groups excluding carboxylic acids is 2. The summed E-state index contributed by atoms with van der Waals surface area (Å²) in [5, 5.41) is 18.1. The number of fused-ring (bicyclic) bond motifs is 1. The lowest BCUT2D eigenvalue weighted by molar-refractivity contribution is -0.255. The van der Waals surface area contributed by atoms with E-state index in [4.69, 9.17) is 0 Å². The van der Waals surface area contributed by atoms with Crippen molar-refractivity contribution >= 4 is 28.3 Å². The van der Waals surface area contributed by atoms with Crippen molar-refractivity contribution in [3.63, 3.8) is 0 Å². The molecule has 0 radical (unpaired) electrons. The van der Waals surface area contributed by atoms with Gasteiger partial charge in [0.25, 0.3) is 5.56 Å². The van der Waals surface area contributed by atoms with Crippen LogP contribution in [0.5, 0.6) is 0 Å². The van der Waals surface area contributed by atoms with E-state index in [0.717, 1.165) is 16.7 Å². The second-order valence-electron chi connectivity index (χ2n) is 5.74. The fourth-order valence-corrected chi connectivity index (χ4v) is 2.65. The first-order chi connectivity index (χ1) is 12.5. The van der Waals surface area contributed by atoms with Gasteiger partial charge in [-0.2, -0.15) is 5.10 Å². The molecule has 1 amide bonds. The normalized spacial score (nSPS) is 10.7. The van der Waals surface area contributed by atoms with Crippen LogP contribution in [0.1, 0.15) is 23.0 Å². The van der Waals surface area contributed by atoms with Gasteiger partial charge in [0, 0.05) is 11.1 Å². The summed E-state index contributed by atoms with van der Waals surface area (Å²) in [6.45, 7) is 1.62. The maximum Gasteiger partial charge on any atom is 0.275 e. The number of aryl methyl sites for hydroxylation is 1. The van der Waals surface area contributed by atoms with E-state index >= 15 is 0 Å². The van der Waals surface area contributed by atoms with Crippen LogP contribution in [0.2, 0.25) is 0 Å². The second-order valence-corrected chi connectivity index (χ2v) is 5.74. The monoisotopic (exact) mass is 350 g/mol. The predicted molar refractivity (Wildman–Crippen MR) is 94.8 cm³/mol. The third-order valence-corrected chi connectivity index (χ3v) is 4.00. The number of aromatic carboxylic acids is 1. The Morgan fingerprint density at radius 3 is 2.35 bits per heavy atom. The Morgan fingerprint density at radius 2 is 1.73 bits per heavy atom. The van der Waals surface area contributed by atoms with Gasteiger partial charge in [0.2, 0.25) is 5.91 Å². The number of nitrogens with zero attached hydrogens (tertiary/aromatic N) is 2. The molecule has 0 fully saturated rings. The number of carboxylic acid groups (broad SMARTS) is 1. The minimum atomic E-state index is -1.51. The van der Waals surface area contributed by atoms with E-state index in [1.54, 1.807) is 24.3 Å². The Morgan fingerprint density at radius 1 is 1.08 bits per heavy atom. The number of rotatable bonds is 5. The zero-order chi connectivity index (χ0) is 18.7. The quantitative estimate of drug-likeness (QED) is 0.738.